The van der Waals surface area contributed by atoms with Crippen LogP contribution in [0, 0.1) is 11.7 Å². The summed E-state index contributed by atoms with van der Waals surface area (Å²) < 4.78 is 18.8. The van der Waals surface area contributed by atoms with Gasteiger partial charge < -0.3 is 9.52 Å². The molecule has 1 aliphatic rings. The molecule has 0 radical (unpaired) electrons. The maximum Gasteiger partial charge on any atom is 0.209 e. The predicted octanol–water partition coefficient (Wildman–Crippen LogP) is 2.95. The Morgan fingerprint density at radius 1 is 1.33 bits per heavy atom. The molecule has 5 heteroatoms. The van der Waals surface area contributed by atoms with Crippen LogP contribution in [0.1, 0.15) is 31.6 Å². The van der Waals surface area contributed by atoms with Crippen LogP contribution in [0.25, 0.3) is 11.1 Å². The van der Waals surface area contributed by atoms with Gasteiger partial charge in [0, 0.05) is 18.7 Å². The van der Waals surface area contributed by atoms with Gasteiger partial charge in [-0.2, -0.15) is 0 Å². The van der Waals surface area contributed by atoms with Crippen molar-refractivity contribution in [1.82, 2.24) is 9.88 Å². The molecule has 0 aliphatic heterocycles. The van der Waals surface area contributed by atoms with Gasteiger partial charge in [-0.1, -0.05) is 0 Å². The third-order valence-corrected chi connectivity index (χ3v) is 4.48. The molecule has 1 aromatic carbocycles. The van der Waals surface area contributed by atoms with Crippen molar-refractivity contribution in [3.05, 3.63) is 29.9 Å². The van der Waals surface area contributed by atoms with Crippen LogP contribution >= 0.6 is 0 Å². The molecule has 4 nitrogen and oxygen atoms in total. The molecule has 1 heterocycles. The molecule has 2 aromatic rings. The highest BCUT2D eigenvalue weighted by molar-refractivity contribution is 5.72. The van der Waals surface area contributed by atoms with E-state index in [1.54, 1.807) is 6.07 Å². The zero-order valence-corrected chi connectivity index (χ0v) is 12.3. The van der Waals surface area contributed by atoms with Crippen LogP contribution in [0.2, 0.25) is 0 Å². The summed E-state index contributed by atoms with van der Waals surface area (Å²) in [4.78, 5) is 6.60. The number of rotatable bonds is 4. The molecule has 0 unspecified atom stereocenters. The van der Waals surface area contributed by atoms with Crippen molar-refractivity contribution in [2.75, 3.05) is 13.7 Å². The Morgan fingerprint density at radius 3 is 2.81 bits per heavy atom. The SMILES string of the molecule is CN(Cc1nc2cc(F)ccc2o1)C1CCC(CO)CC1. The summed E-state index contributed by atoms with van der Waals surface area (Å²) in [6.07, 6.45) is 4.34. The summed E-state index contributed by atoms with van der Waals surface area (Å²) in [5.41, 5.74) is 1.20. The molecule has 1 fully saturated rings. The summed E-state index contributed by atoms with van der Waals surface area (Å²) in [5, 5.41) is 9.18. The largest absolute Gasteiger partial charge is 0.439 e. The first-order valence-corrected chi connectivity index (χ1v) is 7.52. The minimum atomic E-state index is -0.293. The van der Waals surface area contributed by atoms with Crippen molar-refractivity contribution in [2.24, 2.45) is 5.92 Å². The number of benzene rings is 1. The van der Waals surface area contributed by atoms with E-state index in [0.29, 0.717) is 42.1 Å². The molecular weight excluding hydrogens is 271 g/mol. The Hall–Kier alpha value is -1.46. The number of oxazole rings is 1. The first kappa shape index (κ1) is 14.5. The average Bonchev–Trinajstić information content (AvgIpc) is 2.88. The second-order valence-corrected chi connectivity index (χ2v) is 5.99. The lowest BCUT2D eigenvalue weighted by atomic mass is 9.86. The molecule has 1 aromatic heterocycles. The maximum absolute atomic E-state index is 13.2. The summed E-state index contributed by atoms with van der Waals surface area (Å²) in [6.45, 7) is 0.928. The number of hydrogen-bond donors (Lipinski definition) is 1. The fourth-order valence-electron chi connectivity index (χ4n) is 3.13. The number of nitrogens with zero attached hydrogens (tertiary/aromatic N) is 2. The first-order chi connectivity index (χ1) is 10.2. The van der Waals surface area contributed by atoms with E-state index in [0.717, 1.165) is 25.7 Å². The third-order valence-electron chi connectivity index (χ3n) is 4.48. The van der Waals surface area contributed by atoms with Gasteiger partial charge >= 0.3 is 0 Å². The van der Waals surface area contributed by atoms with Gasteiger partial charge in [-0.25, -0.2) is 9.37 Å². The third kappa shape index (κ3) is 3.24. The normalized spacial score (nSPS) is 23.0. The van der Waals surface area contributed by atoms with Gasteiger partial charge in [0.05, 0.1) is 6.54 Å². The predicted molar refractivity (Wildman–Crippen MR) is 78.3 cm³/mol. The van der Waals surface area contributed by atoms with Crippen LogP contribution in [0.4, 0.5) is 4.39 Å². The highest BCUT2D eigenvalue weighted by atomic mass is 19.1. The lowest BCUT2D eigenvalue weighted by Gasteiger charge is -2.33. The zero-order valence-electron chi connectivity index (χ0n) is 12.3. The second-order valence-electron chi connectivity index (χ2n) is 5.99. The highest BCUT2D eigenvalue weighted by Gasteiger charge is 2.24. The topological polar surface area (TPSA) is 49.5 Å². The lowest BCUT2D eigenvalue weighted by Crippen LogP contribution is -2.35. The molecule has 1 N–H and O–H groups in total. The molecule has 0 saturated heterocycles. The lowest BCUT2D eigenvalue weighted by molar-refractivity contribution is 0.118. The Balaban J connectivity index is 1.64. The van der Waals surface area contributed by atoms with Gasteiger partial charge in [-0.3, -0.25) is 4.90 Å². The van der Waals surface area contributed by atoms with Gasteiger partial charge in [0.1, 0.15) is 11.3 Å². The summed E-state index contributed by atoms with van der Waals surface area (Å²) in [5.74, 6) is 0.794. The summed E-state index contributed by atoms with van der Waals surface area (Å²) in [6, 6.07) is 4.90. The van der Waals surface area contributed by atoms with E-state index in [4.69, 9.17) is 4.42 Å². The molecule has 0 atom stereocenters. The van der Waals surface area contributed by atoms with Gasteiger partial charge in [-0.05, 0) is 50.8 Å². The molecule has 1 saturated carbocycles. The van der Waals surface area contributed by atoms with Gasteiger partial charge in [-0.15, -0.1) is 0 Å². The smallest absolute Gasteiger partial charge is 0.209 e. The molecule has 3 rings (SSSR count). The molecular formula is C16H21FN2O2. The number of hydrogen-bond acceptors (Lipinski definition) is 4. The molecule has 0 bridgehead atoms. The Labute approximate surface area is 123 Å². The van der Waals surface area contributed by atoms with Crippen molar-refractivity contribution in [3.63, 3.8) is 0 Å². The summed E-state index contributed by atoms with van der Waals surface area (Å²) in [7, 11) is 2.07. The van der Waals surface area contributed by atoms with Crippen molar-refractivity contribution in [1.29, 1.82) is 0 Å². The zero-order chi connectivity index (χ0) is 14.8. The number of fused-ring (bicyclic) bond motifs is 1. The van der Waals surface area contributed by atoms with E-state index in [-0.39, 0.29) is 5.82 Å². The molecule has 0 spiro atoms. The molecule has 1 aliphatic carbocycles. The number of aromatic nitrogens is 1. The number of halogens is 1. The van der Waals surface area contributed by atoms with E-state index in [1.807, 2.05) is 0 Å². The quantitative estimate of drug-likeness (QED) is 0.941. The minimum absolute atomic E-state index is 0.293. The fraction of sp³-hybridized carbons (Fsp3) is 0.562. The van der Waals surface area contributed by atoms with E-state index in [1.165, 1.54) is 12.1 Å². The number of aliphatic hydroxyl groups excluding tert-OH is 1. The number of aliphatic hydroxyl groups is 1. The fourth-order valence-corrected chi connectivity index (χ4v) is 3.13. The molecule has 114 valence electrons. The molecule has 0 amide bonds. The van der Waals surface area contributed by atoms with Crippen molar-refractivity contribution < 1.29 is 13.9 Å². The Morgan fingerprint density at radius 2 is 2.10 bits per heavy atom. The van der Waals surface area contributed by atoms with Gasteiger partial charge in [0.15, 0.2) is 5.58 Å². The second kappa shape index (κ2) is 6.12. The first-order valence-electron chi connectivity index (χ1n) is 7.52. The Kier molecular flexibility index (Phi) is 4.22. The monoisotopic (exact) mass is 292 g/mol. The maximum atomic E-state index is 13.2. The Bertz CT molecular complexity index is 605. The van der Waals surface area contributed by atoms with Crippen molar-refractivity contribution in [3.8, 4) is 0 Å². The van der Waals surface area contributed by atoms with Crippen LogP contribution in [-0.2, 0) is 6.54 Å². The van der Waals surface area contributed by atoms with Gasteiger partial charge in [0.25, 0.3) is 0 Å². The van der Waals surface area contributed by atoms with E-state index >= 15 is 0 Å². The van der Waals surface area contributed by atoms with Crippen LogP contribution in [0.5, 0.6) is 0 Å². The van der Waals surface area contributed by atoms with Crippen LogP contribution in [0.3, 0.4) is 0 Å². The van der Waals surface area contributed by atoms with E-state index in [2.05, 4.69) is 16.9 Å². The van der Waals surface area contributed by atoms with E-state index in [9.17, 15) is 9.50 Å². The highest BCUT2D eigenvalue weighted by Crippen LogP contribution is 2.27. The van der Waals surface area contributed by atoms with Crippen LogP contribution < -0.4 is 0 Å². The summed E-state index contributed by atoms with van der Waals surface area (Å²) >= 11 is 0. The minimum Gasteiger partial charge on any atom is -0.439 e. The van der Waals surface area contributed by atoms with E-state index < -0.39 is 0 Å². The standard InChI is InChI=1S/C16H21FN2O2/c1-19(13-5-2-11(10-20)3-6-13)9-16-18-14-8-12(17)4-7-15(14)21-16/h4,7-8,11,13,20H,2-3,5-6,9-10H2,1H3. The van der Waals surface area contributed by atoms with Crippen molar-refractivity contribution in [2.45, 2.75) is 38.3 Å². The van der Waals surface area contributed by atoms with Gasteiger partial charge in [0.2, 0.25) is 5.89 Å². The van der Waals surface area contributed by atoms with Crippen molar-refractivity contribution >= 4 is 11.1 Å². The van der Waals surface area contributed by atoms with Crippen LogP contribution in [0.15, 0.2) is 22.6 Å². The average molecular weight is 292 g/mol. The molecule has 21 heavy (non-hydrogen) atoms. The van der Waals surface area contributed by atoms with Crippen LogP contribution in [-0.4, -0.2) is 34.7 Å².